The number of aliphatic hydroxyl groups is 1. The molecule has 1 aromatic carbocycles. The zero-order valence-corrected chi connectivity index (χ0v) is 12.7. The summed E-state index contributed by atoms with van der Waals surface area (Å²) in [5.41, 5.74) is 0.973. The highest BCUT2D eigenvalue weighted by atomic mass is 79.9. The van der Waals surface area contributed by atoms with E-state index >= 15 is 0 Å². The van der Waals surface area contributed by atoms with E-state index in [2.05, 4.69) is 29.8 Å². The highest BCUT2D eigenvalue weighted by Crippen LogP contribution is 2.25. The summed E-state index contributed by atoms with van der Waals surface area (Å²) in [5.74, 6) is 0.0933. The van der Waals surface area contributed by atoms with Gasteiger partial charge in [0.15, 0.2) is 0 Å². The van der Waals surface area contributed by atoms with E-state index in [0.29, 0.717) is 12.3 Å². The van der Waals surface area contributed by atoms with E-state index in [0.717, 1.165) is 35.7 Å². The molecule has 1 unspecified atom stereocenters. The first kappa shape index (κ1) is 15.6. The minimum atomic E-state index is -0.341. The summed E-state index contributed by atoms with van der Waals surface area (Å²) in [5, 5.41) is 10.3. The lowest BCUT2D eigenvalue weighted by atomic mass is 9.89. The van der Waals surface area contributed by atoms with Crippen LogP contribution in [0.4, 0.5) is 4.39 Å². The Labute approximate surface area is 118 Å². The molecule has 0 aliphatic rings. The van der Waals surface area contributed by atoms with Crippen molar-refractivity contribution in [2.24, 2.45) is 5.92 Å². The van der Waals surface area contributed by atoms with Gasteiger partial charge < -0.3 is 5.11 Å². The quantitative estimate of drug-likeness (QED) is 0.772. The number of hydrogen-bond acceptors (Lipinski definition) is 1. The maximum absolute atomic E-state index is 13.0. The summed E-state index contributed by atoms with van der Waals surface area (Å²) >= 11 is 3.35. The minimum Gasteiger partial charge on any atom is -0.392 e. The first-order valence-corrected chi connectivity index (χ1v) is 7.49. The van der Waals surface area contributed by atoms with E-state index < -0.39 is 0 Å². The third-order valence-electron chi connectivity index (χ3n) is 3.31. The van der Waals surface area contributed by atoms with Crippen molar-refractivity contribution in [3.8, 4) is 0 Å². The molecular weight excluding hydrogens is 295 g/mol. The number of rotatable bonds is 7. The molecule has 0 fully saturated rings. The van der Waals surface area contributed by atoms with E-state index in [1.165, 1.54) is 12.1 Å². The van der Waals surface area contributed by atoms with E-state index in [-0.39, 0.29) is 11.9 Å². The van der Waals surface area contributed by atoms with Gasteiger partial charge in [-0.25, -0.2) is 4.39 Å². The highest BCUT2D eigenvalue weighted by molar-refractivity contribution is 9.10. The van der Waals surface area contributed by atoms with Crippen LogP contribution < -0.4 is 0 Å². The van der Waals surface area contributed by atoms with Crippen LogP contribution in [0, 0.1) is 11.7 Å². The van der Waals surface area contributed by atoms with Crippen molar-refractivity contribution in [1.29, 1.82) is 0 Å². The predicted molar refractivity (Wildman–Crippen MR) is 77.1 cm³/mol. The van der Waals surface area contributed by atoms with Gasteiger partial charge in [0.2, 0.25) is 0 Å². The molecule has 1 nitrogen and oxygen atoms in total. The average molecular weight is 317 g/mol. The van der Waals surface area contributed by atoms with Gasteiger partial charge in [0, 0.05) is 4.47 Å². The Bertz CT molecular complexity index is 362. The molecule has 0 amide bonds. The Morgan fingerprint density at radius 1 is 1.22 bits per heavy atom. The SMILES string of the molecule is CCCC(CCC)C(O)Cc1ccc(F)cc1Br. The predicted octanol–water partition coefficient (Wildman–Crippen LogP) is 4.71. The molecule has 0 aromatic heterocycles. The monoisotopic (exact) mass is 316 g/mol. The lowest BCUT2D eigenvalue weighted by Gasteiger charge is -2.22. The molecule has 0 aliphatic heterocycles. The normalized spacial score (nSPS) is 13.0. The molecule has 0 aliphatic carbocycles. The maximum atomic E-state index is 13.0. The number of hydrogen-bond donors (Lipinski definition) is 1. The van der Waals surface area contributed by atoms with Crippen LogP contribution in [0.3, 0.4) is 0 Å². The standard InChI is InChI=1S/C15H22BrFO/c1-3-5-11(6-4-2)15(18)9-12-7-8-13(17)10-14(12)16/h7-8,10-11,15,18H,3-6,9H2,1-2H3. The van der Waals surface area contributed by atoms with Gasteiger partial charge in [-0.05, 0) is 42.9 Å². The second-order valence-electron chi connectivity index (χ2n) is 4.84. The summed E-state index contributed by atoms with van der Waals surface area (Å²) in [6.07, 6.45) is 4.53. The van der Waals surface area contributed by atoms with Crippen molar-refractivity contribution >= 4 is 15.9 Å². The summed E-state index contributed by atoms with van der Waals surface area (Å²) in [7, 11) is 0. The summed E-state index contributed by atoms with van der Waals surface area (Å²) in [6.45, 7) is 4.28. The molecule has 0 heterocycles. The molecule has 0 bridgehead atoms. The van der Waals surface area contributed by atoms with Crippen molar-refractivity contribution in [2.75, 3.05) is 0 Å². The van der Waals surface area contributed by atoms with Crippen molar-refractivity contribution < 1.29 is 9.50 Å². The molecule has 0 saturated heterocycles. The molecule has 0 spiro atoms. The third-order valence-corrected chi connectivity index (χ3v) is 4.05. The smallest absolute Gasteiger partial charge is 0.124 e. The average Bonchev–Trinajstić information content (AvgIpc) is 2.32. The van der Waals surface area contributed by atoms with Crippen molar-refractivity contribution in [2.45, 2.75) is 52.1 Å². The summed E-state index contributed by atoms with van der Waals surface area (Å²) in [4.78, 5) is 0. The molecule has 18 heavy (non-hydrogen) atoms. The Balaban J connectivity index is 2.69. The first-order valence-electron chi connectivity index (χ1n) is 6.70. The second kappa shape index (κ2) is 7.90. The minimum absolute atomic E-state index is 0.251. The van der Waals surface area contributed by atoms with Crippen LogP contribution in [-0.4, -0.2) is 11.2 Å². The first-order chi connectivity index (χ1) is 8.58. The van der Waals surface area contributed by atoms with Crippen LogP contribution in [0.2, 0.25) is 0 Å². The summed E-state index contributed by atoms with van der Waals surface area (Å²) < 4.78 is 13.7. The van der Waals surface area contributed by atoms with Gasteiger partial charge in [-0.15, -0.1) is 0 Å². The van der Waals surface area contributed by atoms with Crippen LogP contribution in [0.5, 0.6) is 0 Å². The largest absolute Gasteiger partial charge is 0.392 e. The highest BCUT2D eigenvalue weighted by Gasteiger charge is 2.19. The summed E-state index contributed by atoms with van der Waals surface area (Å²) in [6, 6.07) is 4.65. The molecule has 3 heteroatoms. The zero-order chi connectivity index (χ0) is 13.5. The molecule has 0 saturated carbocycles. The molecule has 1 atom stereocenters. The molecule has 102 valence electrons. The maximum Gasteiger partial charge on any atom is 0.124 e. The van der Waals surface area contributed by atoms with Crippen LogP contribution in [-0.2, 0) is 6.42 Å². The molecule has 0 radical (unpaired) electrons. The molecular formula is C15H22BrFO. The fourth-order valence-corrected chi connectivity index (χ4v) is 2.86. The lowest BCUT2D eigenvalue weighted by Crippen LogP contribution is -2.23. The fraction of sp³-hybridized carbons (Fsp3) is 0.600. The topological polar surface area (TPSA) is 20.2 Å². The van der Waals surface area contributed by atoms with Crippen molar-refractivity contribution in [3.05, 3.63) is 34.1 Å². The lowest BCUT2D eigenvalue weighted by molar-refractivity contribution is 0.0962. The molecule has 1 aromatic rings. The van der Waals surface area contributed by atoms with Gasteiger partial charge in [0.1, 0.15) is 5.82 Å². The Kier molecular flexibility index (Phi) is 6.87. The number of benzene rings is 1. The van der Waals surface area contributed by atoms with E-state index in [1.807, 2.05) is 0 Å². The van der Waals surface area contributed by atoms with Crippen LogP contribution >= 0.6 is 15.9 Å². The van der Waals surface area contributed by atoms with Crippen LogP contribution in [0.25, 0.3) is 0 Å². The number of halogens is 2. The van der Waals surface area contributed by atoms with Crippen LogP contribution in [0.1, 0.15) is 45.1 Å². The van der Waals surface area contributed by atoms with Crippen molar-refractivity contribution in [3.63, 3.8) is 0 Å². The van der Waals surface area contributed by atoms with Gasteiger partial charge in [-0.3, -0.25) is 0 Å². The Hall–Kier alpha value is -0.410. The molecule has 1 rings (SSSR count). The Morgan fingerprint density at radius 3 is 2.33 bits per heavy atom. The van der Waals surface area contributed by atoms with Crippen molar-refractivity contribution in [1.82, 2.24) is 0 Å². The van der Waals surface area contributed by atoms with Crippen LogP contribution in [0.15, 0.2) is 22.7 Å². The third kappa shape index (κ3) is 4.69. The van der Waals surface area contributed by atoms with Gasteiger partial charge in [-0.2, -0.15) is 0 Å². The zero-order valence-electron chi connectivity index (χ0n) is 11.1. The van der Waals surface area contributed by atoms with E-state index in [1.54, 1.807) is 6.07 Å². The van der Waals surface area contributed by atoms with E-state index in [4.69, 9.17) is 0 Å². The Morgan fingerprint density at radius 2 is 1.83 bits per heavy atom. The number of aliphatic hydroxyl groups excluding tert-OH is 1. The van der Waals surface area contributed by atoms with Gasteiger partial charge in [0.25, 0.3) is 0 Å². The van der Waals surface area contributed by atoms with E-state index in [9.17, 15) is 9.50 Å². The fourth-order valence-electron chi connectivity index (χ4n) is 2.35. The second-order valence-corrected chi connectivity index (χ2v) is 5.70. The van der Waals surface area contributed by atoms with Gasteiger partial charge >= 0.3 is 0 Å². The molecule has 1 N–H and O–H groups in total. The van der Waals surface area contributed by atoms with Gasteiger partial charge in [0.05, 0.1) is 6.10 Å². The van der Waals surface area contributed by atoms with Gasteiger partial charge in [-0.1, -0.05) is 48.7 Å².